The Morgan fingerprint density at radius 2 is 2.00 bits per heavy atom. The molecule has 21 heavy (non-hydrogen) atoms. The summed E-state index contributed by atoms with van der Waals surface area (Å²) in [6.07, 6.45) is 0. The molecule has 0 aromatic heterocycles. The van der Waals surface area contributed by atoms with E-state index in [1.807, 2.05) is 6.07 Å². The van der Waals surface area contributed by atoms with E-state index in [4.69, 9.17) is 5.73 Å². The Kier molecular flexibility index (Phi) is 4.72. The molecule has 0 saturated carbocycles. The lowest BCUT2D eigenvalue weighted by Gasteiger charge is -2.32. The summed E-state index contributed by atoms with van der Waals surface area (Å²) in [5.41, 5.74) is 7.09. The van der Waals surface area contributed by atoms with Crippen LogP contribution in [0.5, 0.6) is 0 Å². The minimum absolute atomic E-state index is 0.0302. The van der Waals surface area contributed by atoms with Crippen LogP contribution in [0.4, 0.5) is 0 Å². The minimum atomic E-state index is -3.53. The summed E-state index contributed by atoms with van der Waals surface area (Å²) in [7, 11) is -6.66. The Bertz CT molecular complexity index is 713. The second-order valence-corrected chi connectivity index (χ2v) is 9.50. The molecule has 2 N–H and O–H groups in total. The summed E-state index contributed by atoms with van der Waals surface area (Å²) in [6, 6.07) is 6.60. The lowest BCUT2D eigenvalue weighted by molar-refractivity contribution is 0.356. The second kappa shape index (κ2) is 6.04. The van der Waals surface area contributed by atoms with E-state index in [2.05, 4.69) is 0 Å². The maximum absolute atomic E-state index is 12.5. The zero-order valence-electron chi connectivity index (χ0n) is 11.9. The highest BCUT2D eigenvalue weighted by Crippen LogP contribution is 2.19. The highest BCUT2D eigenvalue weighted by Gasteiger charge is 2.35. The van der Waals surface area contributed by atoms with Crippen LogP contribution in [0.1, 0.15) is 18.1 Å². The number of nitrogens with zero attached hydrogens (tertiary/aromatic N) is 1. The van der Waals surface area contributed by atoms with Crippen molar-refractivity contribution in [3.05, 3.63) is 35.4 Å². The maximum atomic E-state index is 12.5. The quantitative estimate of drug-likeness (QED) is 0.843. The molecule has 118 valence electrons. The molecule has 1 aromatic carbocycles. The van der Waals surface area contributed by atoms with Crippen LogP contribution in [0.2, 0.25) is 0 Å². The van der Waals surface area contributed by atoms with Gasteiger partial charge in [0.25, 0.3) is 0 Å². The summed E-state index contributed by atoms with van der Waals surface area (Å²) in [4.78, 5) is 0. The molecule has 0 radical (unpaired) electrons. The molecule has 1 atom stereocenters. The van der Waals surface area contributed by atoms with Crippen LogP contribution < -0.4 is 5.73 Å². The van der Waals surface area contributed by atoms with E-state index in [1.54, 1.807) is 25.1 Å². The first-order valence-corrected chi connectivity index (χ1v) is 10.1. The third-order valence-corrected chi connectivity index (χ3v) is 7.29. The van der Waals surface area contributed by atoms with Crippen molar-refractivity contribution in [3.63, 3.8) is 0 Å². The zero-order chi connectivity index (χ0) is 15.7. The van der Waals surface area contributed by atoms with E-state index >= 15 is 0 Å². The van der Waals surface area contributed by atoms with Gasteiger partial charge >= 0.3 is 0 Å². The number of sulfone groups is 1. The van der Waals surface area contributed by atoms with Crippen LogP contribution in [0.15, 0.2) is 24.3 Å². The third-order valence-electron chi connectivity index (χ3n) is 3.54. The Labute approximate surface area is 125 Å². The monoisotopic (exact) mass is 332 g/mol. The molecule has 1 aromatic rings. The van der Waals surface area contributed by atoms with Crippen LogP contribution in [0, 0.1) is 0 Å². The molecule has 0 aliphatic carbocycles. The van der Waals surface area contributed by atoms with Gasteiger partial charge in [-0.2, -0.15) is 4.31 Å². The first-order chi connectivity index (χ1) is 9.73. The van der Waals surface area contributed by atoms with Crippen molar-refractivity contribution in [2.24, 2.45) is 5.73 Å². The van der Waals surface area contributed by atoms with Crippen molar-refractivity contribution in [2.45, 2.75) is 25.3 Å². The van der Waals surface area contributed by atoms with Gasteiger partial charge < -0.3 is 5.73 Å². The molecule has 1 heterocycles. The fourth-order valence-electron chi connectivity index (χ4n) is 2.54. The summed E-state index contributed by atoms with van der Waals surface area (Å²) in [5, 5.41) is 0. The Balaban J connectivity index is 2.18. The molecule has 1 aliphatic heterocycles. The molecule has 1 saturated heterocycles. The normalized spacial score (nSPS) is 23.0. The van der Waals surface area contributed by atoms with Crippen LogP contribution in [0.3, 0.4) is 0 Å². The highest BCUT2D eigenvalue weighted by molar-refractivity contribution is 7.92. The summed E-state index contributed by atoms with van der Waals surface area (Å²) >= 11 is 0. The maximum Gasteiger partial charge on any atom is 0.218 e. The van der Waals surface area contributed by atoms with E-state index in [0.717, 1.165) is 5.56 Å². The average molecular weight is 332 g/mol. The van der Waals surface area contributed by atoms with Gasteiger partial charge in [-0.05, 0) is 18.1 Å². The molecular formula is C13H20N2O4S2. The van der Waals surface area contributed by atoms with Crippen molar-refractivity contribution in [1.82, 2.24) is 4.31 Å². The predicted molar refractivity (Wildman–Crippen MR) is 81.8 cm³/mol. The van der Waals surface area contributed by atoms with E-state index in [-0.39, 0.29) is 23.8 Å². The van der Waals surface area contributed by atoms with Crippen molar-refractivity contribution in [3.8, 4) is 0 Å². The Hall–Kier alpha value is -0.960. The van der Waals surface area contributed by atoms with Crippen LogP contribution in [-0.4, -0.2) is 45.2 Å². The van der Waals surface area contributed by atoms with E-state index < -0.39 is 25.9 Å². The van der Waals surface area contributed by atoms with Gasteiger partial charge in [-0.3, -0.25) is 0 Å². The zero-order valence-corrected chi connectivity index (χ0v) is 13.5. The van der Waals surface area contributed by atoms with E-state index in [9.17, 15) is 16.8 Å². The lowest BCUT2D eigenvalue weighted by Crippen LogP contribution is -2.49. The predicted octanol–water partition coefficient (Wildman–Crippen LogP) is 0.0940. The Morgan fingerprint density at radius 3 is 2.62 bits per heavy atom. The second-order valence-electron chi connectivity index (χ2n) is 5.35. The molecule has 1 unspecified atom stereocenters. The summed E-state index contributed by atoms with van der Waals surface area (Å²) < 4.78 is 49.3. The van der Waals surface area contributed by atoms with Gasteiger partial charge in [0.2, 0.25) is 10.0 Å². The SMILES string of the molecule is CC1CS(=O)(=O)CCN1S(=O)(=O)Cc1cccc(CN)c1. The molecule has 1 aliphatic rings. The van der Waals surface area contributed by atoms with Crippen molar-refractivity contribution >= 4 is 19.9 Å². The molecule has 2 rings (SSSR count). The smallest absolute Gasteiger partial charge is 0.218 e. The van der Waals surface area contributed by atoms with E-state index in [1.165, 1.54) is 4.31 Å². The standard InChI is InChI=1S/C13H20N2O4S2/c1-11-9-20(16,17)6-5-15(11)21(18,19)10-13-4-2-3-12(7-13)8-14/h2-4,7,11H,5-6,8-10,14H2,1H3. The number of benzene rings is 1. The van der Waals surface area contributed by atoms with Crippen LogP contribution in [0.25, 0.3) is 0 Å². The Morgan fingerprint density at radius 1 is 1.33 bits per heavy atom. The molecule has 6 nitrogen and oxygen atoms in total. The van der Waals surface area contributed by atoms with E-state index in [0.29, 0.717) is 12.1 Å². The third kappa shape index (κ3) is 4.03. The minimum Gasteiger partial charge on any atom is -0.326 e. The topological polar surface area (TPSA) is 97.5 Å². The molecule has 1 fully saturated rings. The summed E-state index contributed by atoms with van der Waals surface area (Å²) in [6.45, 7) is 2.01. The van der Waals surface area contributed by atoms with Gasteiger partial charge in [0.1, 0.15) is 0 Å². The van der Waals surface area contributed by atoms with Crippen molar-refractivity contribution < 1.29 is 16.8 Å². The first-order valence-electron chi connectivity index (χ1n) is 6.71. The largest absolute Gasteiger partial charge is 0.326 e. The number of rotatable bonds is 4. The molecule has 0 bridgehead atoms. The fourth-order valence-corrected chi connectivity index (χ4v) is 6.06. The van der Waals surface area contributed by atoms with Gasteiger partial charge in [-0.25, -0.2) is 16.8 Å². The van der Waals surface area contributed by atoms with Crippen LogP contribution in [-0.2, 0) is 32.2 Å². The number of nitrogens with two attached hydrogens (primary N) is 1. The van der Waals surface area contributed by atoms with Gasteiger partial charge in [0, 0.05) is 19.1 Å². The number of hydrogen-bond donors (Lipinski definition) is 1. The van der Waals surface area contributed by atoms with Crippen molar-refractivity contribution in [2.75, 3.05) is 18.1 Å². The fraction of sp³-hybridized carbons (Fsp3) is 0.538. The van der Waals surface area contributed by atoms with Gasteiger partial charge in [0.05, 0.1) is 17.3 Å². The average Bonchev–Trinajstić information content (AvgIpc) is 2.36. The number of hydrogen-bond acceptors (Lipinski definition) is 5. The van der Waals surface area contributed by atoms with Crippen molar-refractivity contribution in [1.29, 1.82) is 0 Å². The first kappa shape index (κ1) is 16.4. The highest BCUT2D eigenvalue weighted by atomic mass is 32.2. The molecule has 0 spiro atoms. The van der Waals surface area contributed by atoms with Crippen LogP contribution >= 0.6 is 0 Å². The van der Waals surface area contributed by atoms with Gasteiger partial charge in [-0.1, -0.05) is 24.3 Å². The van der Waals surface area contributed by atoms with Gasteiger partial charge in [0.15, 0.2) is 9.84 Å². The molecular weight excluding hydrogens is 312 g/mol. The molecule has 0 amide bonds. The summed E-state index contributed by atoms with van der Waals surface area (Å²) in [5.74, 6) is -0.361. The number of sulfonamides is 1. The molecule has 8 heteroatoms. The van der Waals surface area contributed by atoms with Gasteiger partial charge in [-0.15, -0.1) is 0 Å². The lowest BCUT2D eigenvalue weighted by atomic mass is 10.1.